The van der Waals surface area contributed by atoms with Gasteiger partial charge in [-0.05, 0) is 37.1 Å². The van der Waals surface area contributed by atoms with Crippen molar-refractivity contribution in [2.24, 2.45) is 0 Å². The molecule has 2 saturated heterocycles. The van der Waals surface area contributed by atoms with Crippen molar-refractivity contribution in [1.82, 2.24) is 9.80 Å². The number of carbonyl (C=O) groups excluding carboxylic acids is 1. The summed E-state index contributed by atoms with van der Waals surface area (Å²) in [5.74, 6) is 0.834. The minimum Gasteiger partial charge on any atom is -0.497 e. The van der Waals surface area contributed by atoms with Gasteiger partial charge in [0.1, 0.15) is 11.3 Å². The number of likely N-dealkylation sites (tertiary alicyclic amines) is 1. The first kappa shape index (κ1) is 15.5. The highest BCUT2D eigenvalue weighted by molar-refractivity contribution is 5.93. The molecule has 2 amide bonds. The van der Waals surface area contributed by atoms with Gasteiger partial charge in [-0.1, -0.05) is 0 Å². The number of carboxylic acid groups (broad SMARTS) is 1. The van der Waals surface area contributed by atoms with Gasteiger partial charge in [0.15, 0.2) is 0 Å². The van der Waals surface area contributed by atoms with E-state index in [2.05, 4.69) is 4.90 Å². The molecule has 2 heterocycles. The molecule has 7 heteroatoms. The third-order valence-corrected chi connectivity index (χ3v) is 4.86. The van der Waals surface area contributed by atoms with Crippen molar-refractivity contribution in [2.45, 2.75) is 18.4 Å². The van der Waals surface area contributed by atoms with E-state index in [-0.39, 0.29) is 5.91 Å². The molecule has 0 aliphatic carbocycles. The van der Waals surface area contributed by atoms with Gasteiger partial charge >= 0.3 is 6.09 Å². The summed E-state index contributed by atoms with van der Waals surface area (Å²) in [6, 6.07) is 7.63. The van der Waals surface area contributed by atoms with Crippen LogP contribution in [0.4, 0.5) is 10.5 Å². The van der Waals surface area contributed by atoms with Gasteiger partial charge < -0.3 is 24.5 Å². The molecular weight excluding hydrogens is 298 g/mol. The first-order valence-electron chi connectivity index (χ1n) is 7.63. The van der Waals surface area contributed by atoms with Crippen LogP contribution in [0.3, 0.4) is 0 Å². The molecule has 0 atom stereocenters. The zero-order chi connectivity index (χ0) is 16.6. The lowest BCUT2D eigenvalue weighted by Gasteiger charge is -2.42. The predicted molar refractivity (Wildman–Crippen MR) is 84.7 cm³/mol. The number of methoxy groups -OCH3 is 1. The fraction of sp³-hybridized carbons (Fsp3) is 0.500. The zero-order valence-corrected chi connectivity index (χ0v) is 13.4. The van der Waals surface area contributed by atoms with Gasteiger partial charge in [-0.25, -0.2) is 4.79 Å². The molecule has 2 fully saturated rings. The van der Waals surface area contributed by atoms with E-state index in [0.717, 1.165) is 11.4 Å². The standard InChI is InChI=1S/C16H21N3O4/c1-17-11-19(12-3-5-13(23-2)6-4-12)16(14(17)20)7-9-18(10-8-16)15(21)22/h3-6H,7-11H2,1-2H3,(H,21,22). The van der Waals surface area contributed by atoms with Gasteiger partial charge in [0.25, 0.3) is 0 Å². The van der Waals surface area contributed by atoms with E-state index in [1.807, 2.05) is 24.3 Å². The van der Waals surface area contributed by atoms with Crippen molar-refractivity contribution in [3.05, 3.63) is 24.3 Å². The lowest BCUT2D eigenvalue weighted by Crippen LogP contribution is -2.57. The molecule has 2 aliphatic rings. The van der Waals surface area contributed by atoms with E-state index < -0.39 is 11.6 Å². The van der Waals surface area contributed by atoms with E-state index in [1.165, 1.54) is 4.90 Å². The van der Waals surface area contributed by atoms with Crippen LogP contribution in [-0.4, -0.2) is 66.4 Å². The third-order valence-electron chi connectivity index (χ3n) is 4.86. The first-order chi connectivity index (χ1) is 11.0. The SMILES string of the molecule is COc1ccc(N2CN(C)C(=O)C23CCN(C(=O)O)CC3)cc1. The van der Waals surface area contributed by atoms with Crippen molar-refractivity contribution in [1.29, 1.82) is 0 Å². The fourth-order valence-electron chi connectivity index (χ4n) is 3.53. The highest BCUT2D eigenvalue weighted by Gasteiger charge is 2.53. The number of anilines is 1. The summed E-state index contributed by atoms with van der Waals surface area (Å²) in [7, 11) is 3.41. The molecule has 1 aromatic rings. The molecule has 1 spiro atoms. The topological polar surface area (TPSA) is 73.3 Å². The maximum Gasteiger partial charge on any atom is 0.407 e. The number of ether oxygens (including phenoxy) is 1. The van der Waals surface area contributed by atoms with Gasteiger partial charge in [-0.15, -0.1) is 0 Å². The number of likely N-dealkylation sites (N-methyl/N-ethyl adjacent to an activating group) is 1. The van der Waals surface area contributed by atoms with Crippen LogP contribution in [0.5, 0.6) is 5.75 Å². The second-order valence-electron chi connectivity index (χ2n) is 6.07. The molecule has 0 saturated carbocycles. The summed E-state index contributed by atoms with van der Waals surface area (Å²) in [5.41, 5.74) is 0.308. The molecule has 124 valence electrons. The predicted octanol–water partition coefficient (Wildman–Crippen LogP) is 1.44. The van der Waals surface area contributed by atoms with Crippen molar-refractivity contribution < 1.29 is 19.4 Å². The molecule has 1 aromatic carbocycles. The van der Waals surface area contributed by atoms with Crippen molar-refractivity contribution in [3.8, 4) is 5.75 Å². The van der Waals surface area contributed by atoms with Crippen LogP contribution in [-0.2, 0) is 4.79 Å². The van der Waals surface area contributed by atoms with Crippen molar-refractivity contribution >= 4 is 17.7 Å². The second kappa shape index (κ2) is 5.64. The minimum atomic E-state index is -0.922. The number of hydrogen-bond acceptors (Lipinski definition) is 4. The molecule has 3 rings (SSSR count). The van der Waals surface area contributed by atoms with Crippen molar-refractivity contribution in [2.75, 3.05) is 38.8 Å². The van der Waals surface area contributed by atoms with Crippen LogP contribution in [0.2, 0.25) is 0 Å². The summed E-state index contributed by atoms with van der Waals surface area (Å²) < 4.78 is 5.18. The average Bonchev–Trinajstić information content (AvgIpc) is 2.81. The molecule has 0 bridgehead atoms. The largest absolute Gasteiger partial charge is 0.497 e. The Labute approximate surface area is 135 Å². The summed E-state index contributed by atoms with van der Waals surface area (Å²) in [6.07, 6.45) is 0.0952. The Balaban J connectivity index is 1.89. The van der Waals surface area contributed by atoms with Gasteiger partial charge in [-0.3, -0.25) is 4.79 Å². The number of hydrogen-bond donors (Lipinski definition) is 1. The van der Waals surface area contributed by atoms with E-state index in [1.54, 1.807) is 19.1 Å². The molecule has 0 aromatic heterocycles. The maximum atomic E-state index is 12.8. The quantitative estimate of drug-likeness (QED) is 0.893. The molecule has 23 heavy (non-hydrogen) atoms. The normalized spacial score (nSPS) is 20.3. The highest BCUT2D eigenvalue weighted by atomic mass is 16.5. The summed E-state index contributed by atoms with van der Waals surface area (Å²) in [6.45, 7) is 1.27. The monoisotopic (exact) mass is 319 g/mol. The van der Waals surface area contributed by atoms with Crippen LogP contribution in [0.25, 0.3) is 0 Å². The zero-order valence-electron chi connectivity index (χ0n) is 13.4. The lowest BCUT2D eigenvalue weighted by atomic mass is 9.85. The minimum absolute atomic E-state index is 0.0679. The Morgan fingerprint density at radius 1 is 1.22 bits per heavy atom. The highest BCUT2D eigenvalue weighted by Crippen LogP contribution is 2.39. The molecule has 7 nitrogen and oxygen atoms in total. The fourth-order valence-corrected chi connectivity index (χ4v) is 3.53. The van der Waals surface area contributed by atoms with Gasteiger partial charge in [0.2, 0.25) is 5.91 Å². The number of carbonyl (C=O) groups is 2. The summed E-state index contributed by atoms with van der Waals surface area (Å²) >= 11 is 0. The number of rotatable bonds is 2. The first-order valence-corrected chi connectivity index (χ1v) is 7.63. The summed E-state index contributed by atoms with van der Waals surface area (Å²) in [4.78, 5) is 29.1. The van der Waals surface area contributed by atoms with Crippen LogP contribution in [0.15, 0.2) is 24.3 Å². The number of nitrogens with zero attached hydrogens (tertiary/aromatic N) is 3. The Morgan fingerprint density at radius 3 is 2.35 bits per heavy atom. The molecule has 0 unspecified atom stereocenters. The lowest BCUT2D eigenvalue weighted by molar-refractivity contribution is -0.132. The Bertz CT molecular complexity index is 608. The molecule has 2 aliphatic heterocycles. The second-order valence-corrected chi connectivity index (χ2v) is 6.07. The van der Waals surface area contributed by atoms with Crippen LogP contribution in [0.1, 0.15) is 12.8 Å². The summed E-state index contributed by atoms with van der Waals surface area (Å²) in [5, 5.41) is 9.13. The Kier molecular flexibility index (Phi) is 3.79. The third kappa shape index (κ3) is 2.46. The van der Waals surface area contributed by atoms with E-state index in [0.29, 0.717) is 32.6 Å². The van der Waals surface area contributed by atoms with Crippen LogP contribution in [0, 0.1) is 0 Å². The molecular formula is C16H21N3O4. The van der Waals surface area contributed by atoms with Gasteiger partial charge in [0, 0.05) is 25.8 Å². The van der Waals surface area contributed by atoms with E-state index in [4.69, 9.17) is 9.84 Å². The van der Waals surface area contributed by atoms with E-state index in [9.17, 15) is 9.59 Å². The van der Waals surface area contributed by atoms with Crippen LogP contribution >= 0.6 is 0 Å². The Hall–Kier alpha value is -2.44. The van der Waals surface area contributed by atoms with Gasteiger partial charge in [0.05, 0.1) is 13.8 Å². The van der Waals surface area contributed by atoms with E-state index >= 15 is 0 Å². The molecule has 1 N–H and O–H groups in total. The van der Waals surface area contributed by atoms with Crippen molar-refractivity contribution in [3.63, 3.8) is 0 Å². The van der Waals surface area contributed by atoms with Gasteiger partial charge in [-0.2, -0.15) is 0 Å². The number of amides is 2. The maximum absolute atomic E-state index is 12.8. The average molecular weight is 319 g/mol. The Morgan fingerprint density at radius 2 is 1.83 bits per heavy atom. The number of piperidine rings is 1. The smallest absolute Gasteiger partial charge is 0.407 e. The molecule has 0 radical (unpaired) electrons. The number of benzene rings is 1. The van der Waals surface area contributed by atoms with Crippen LogP contribution < -0.4 is 9.64 Å².